The van der Waals surface area contributed by atoms with Gasteiger partial charge in [-0.15, -0.1) is 0 Å². The third-order valence-corrected chi connectivity index (χ3v) is 5.73. The Hall–Kier alpha value is -2.99. The number of carbonyl (C=O) groups excluding carboxylic acids is 1. The van der Waals surface area contributed by atoms with Gasteiger partial charge in [0.05, 0.1) is 0 Å². The van der Waals surface area contributed by atoms with Crippen molar-refractivity contribution in [2.24, 2.45) is 5.92 Å². The maximum atomic E-state index is 13.4. The van der Waals surface area contributed by atoms with Crippen LogP contribution >= 0.6 is 0 Å². The Morgan fingerprint density at radius 1 is 1.10 bits per heavy atom. The molecule has 156 valence electrons. The van der Waals surface area contributed by atoms with Crippen molar-refractivity contribution in [1.29, 1.82) is 0 Å². The summed E-state index contributed by atoms with van der Waals surface area (Å²) in [4.78, 5) is 11.4. The molecule has 4 nitrogen and oxygen atoms in total. The minimum Gasteiger partial charge on any atom is -0.404 e. The quantitative estimate of drug-likeness (QED) is 0.655. The van der Waals surface area contributed by atoms with Gasteiger partial charge in [0, 0.05) is 13.0 Å². The fourth-order valence-corrected chi connectivity index (χ4v) is 4.01. The van der Waals surface area contributed by atoms with Gasteiger partial charge in [0.1, 0.15) is 11.6 Å². The van der Waals surface area contributed by atoms with Crippen LogP contribution in [0.3, 0.4) is 0 Å². The van der Waals surface area contributed by atoms with Crippen LogP contribution in [0.1, 0.15) is 36.8 Å². The van der Waals surface area contributed by atoms with Gasteiger partial charge < -0.3 is 9.47 Å². The van der Waals surface area contributed by atoms with E-state index in [9.17, 15) is 13.6 Å². The number of ether oxygens (including phenoxy) is 2. The number of carbonyl (C=O) groups is 1. The molecule has 2 saturated heterocycles. The van der Waals surface area contributed by atoms with E-state index in [4.69, 9.17) is 9.47 Å². The molecule has 0 radical (unpaired) electrons. The first-order valence-corrected chi connectivity index (χ1v) is 10.0. The molecule has 6 heteroatoms. The summed E-state index contributed by atoms with van der Waals surface area (Å²) in [7, 11) is 0. The summed E-state index contributed by atoms with van der Waals surface area (Å²) in [6.45, 7) is 4.46. The number of hydrogen-bond acceptors (Lipinski definition) is 4. The van der Waals surface area contributed by atoms with Gasteiger partial charge in [0.25, 0.3) is 0 Å². The number of piperidine rings is 1. The summed E-state index contributed by atoms with van der Waals surface area (Å²) in [5.41, 5.74) is 1.82. The van der Waals surface area contributed by atoms with Gasteiger partial charge in [0.15, 0.2) is 5.76 Å². The van der Waals surface area contributed by atoms with Crippen molar-refractivity contribution in [3.05, 3.63) is 89.7 Å². The number of benzene rings is 2. The summed E-state index contributed by atoms with van der Waals surface area (Å²) < 4.78 is 36.9. The third-order valence-electron chi connectivity index (χ3n) is 5.73. The van der Waals surface area contributed by atoms with Gasteiger partial charge in [-0.3, -0.25) is 5.32 Å². The Bertz CT molecular complexity index is 911. The van der Waals surface area contributed by atoms with Gasteiger partial charge in [-0.25, -0.2) is 13.6 Å². The highest BCUT2D eigenvalue weighted by atomic mass is 19.1. The number of halogens is 2. The van der Waals surface area contributed by atoms with Gasteiger partial charge >= 0.3 is 6.16 Å². The Balaban J connectivity index is 1.43. The zero-order valence-corrected chi connectivity index (χ0v) is 16.5. The smallest absolute Gasteiger partial charge is 0.404 e. The second kappa shape index (κ2) is 8.40. The van der Waals surface area contributed by atoms with Crippen molar-refractivity contribution in [1.82, 2.24) is 5.32 Å². The van der Waals surface area contributed by atoms with Gasteiger partial charge in [-0.1, -0.05) is 36.9 Å². The summed E-state index contributed by atoms with van der Waals surface area (Å²) >= 11 is 0. The number of nitrogens with one attached hydrogen (secondary N) is 1. The zero-order chi connectivity index (χ0) is 21.1. The predicted molar refractivity (Wildman–Crippen MR) is 109 cm³/mol. The molecular weight excluding hydrogens is 388 g/mol. The van der Waals surface area contributed by atoms with Crippen LogP contribution in [0.4, 0.5) is 13.6 Å². The molecule has 30 heavy (non-hydrogen) atoms. The molecule has 0 aromatic heterocycles. The number of allylic oxidation sites excluding steroid dienone is 1. The molecule has 1 N–H and O–H groups in total. The van der Waals surface area contributed by atoms with Crippen molar-refractivity contribution < 1.29 is 23.0 Å². The highest BCUT2D eigenvalue weighted by molar-refractivity contribution is 5.79. The van der Waals surface area contributed by atoms with Crippen molar-refractivity contribution in [3.8, 4) is 0 Å². The van der Waals surface area contributed by atoms with E-state index in [1.807, 2.05) is 0 Å². The first kappa shape index (κ1) is 20.3. The zero-order valence-electron chi connectivity index (χ0n) is 16.5. The van der Waals surface area contributed by atoms with E-state index < -0.39 is 11.9 Å². The normalized spacial score (nSPS) is 23.2. The molecule has 4 rings (SSSR count). The van der Waals surface area contributed by atoms with E-state index in [0.29, 0.717) is 24.6 Å². The Morgan fingerprint density at radius 2 is 1.70 bits per heavy atom. The third kappa shape index (κ3) is 4.28. The lowest BCUT2D eigenvalue weighted by Gasteiger charge is -2.35. The molecule has 0 amide bonds. The maximum absolute atomic E-state index is 13.4. The van der Waals surface area contributed by atoms with Crippen LogP contribution in [0, 0.1) is 17.6 Å². The first-order chi connectivity index (χ1) is 14.4. The fourth-order valence-electron chi connectivity index (χ4n) is 4.01. The lowest BCUT2D eigenvalue weighted by molar-refractivity contribution is 0.00857. The molecule has 2 aliphatic heterocycles. The van der Waals surface area contributed by atoms with Crippen LogP contribution in [-0.2, 0) is 9.47 Å². The largest absolute Gasteiger partial charge is 0.515 e. The Kier molecular flexibility index (Phi) is 5.68. The Labute approximate surface area is 174 Å². The van der Waals surface area contributed by atoms with E-state index in [0.717, 1.165) is 36.0 Å². The van der Waals surface area contributed by atoms with Crippen LogP contribution in [0.15, 0.2) is 66.9 Å². The second-order valence-electron chi connectivity index (χ2n) is 7.70. The van der Waals surface area contributed by atoms with E-state index in [1.54, 1.807) is 24.3 Å². The molecule has 2 aliphatic rings. The van der Waals surface area contributed by atoms with Gasteiger partial charge in [-0.05, 0) is 66.1 Å². The minimum atomic E-state index is -0.892. The summed E-state index contributed by atoms with van der Waals surface area (Å²) in [6, 6.07) is 12.6. The molecule has 2 unspecified atom stereocenters. The fraction of sp³-hybridized carbons (Fsp3) is 0.292. The SMILES string of the molecule is C=C1OC(=O)OC12CCC(CCC=C(c1ccc(F)cc1)c1ccc(F)cc1)CN2. The molecular formula is C24H23F2NO3. The molecule has 2 aromatic carbocycles. The van der Waals surface area contributed by atoms with E-state index in [-0.39, 0.29) is 11.6 Å². The second-order valence-corrected chi connectivity index (χ2v) is 7.70. The number of hydrogen-bond donors (Lipinski definition) is 1. The van der Waals surface area contributed by atoms with Crippen LogP contribution in [0.5, 0.6) is 0 Å². The summed E-state index contributed by atoms with van der Waals surface area (Å²) in [6.07, 6.45) is 4.63. The highest BCUT2D eigenvalue weighted by Crippen LogP contribution is 2.37. The molecule has 1 spiro atoms. The highest BCUT2D eigenvalue weighted by Gasteiger charge is 2.48. The predicted octanol–water partition coefficient (Wildman–Crippen LogP) is 5.55. The average Bonchev–Trinajstić information content (AvgIpc) is 3.01. The molecule has 2 heterocycles. The molecule has 0 aliphatic carbocycles. The monoisotopic (exact) mass is 411 g/mol. The van der Waals surface area contributed by atoms with Crippen LogP contribution < -0.4 is 5.32 Å². The van der Waals surface area contributed by atoms with Crippen LogP contribution in [-0.4, -0.2) is 18.4 Å². The maximum Gasteiger partial charge on any atom is 0.515 e. The van der Waals surface area contributed by atoms with Crippen LogP contribution in [0.2, 0.25) is 0 Å². The lowest BCUT2D eigenvalue weighted by atomic mass is 9.87. The number of rotatable bonds is 5. The topological polar surface area (TPSA) is 47.6 Å². The Morgan fingerprint density at radius 3 is 2.17 bits per heavy atom. The van der Waals surface area contributed by atoms with Crippen LogP contribution in [0.25, 0.3) is 5.57 Å². The van der Waals surface area contributed by atoms with E-state index >= 15 is 0 Å². The van der Waals surface area contributed by atoms with Crippen molar-refractivity contribution in [3.63, 3.8) is 0 Å². The minimum absolute atomic E-state index is 0.294. The van der Waals surface area contributed by atoms with Gasteiger partial charge in [-0.2, -0.15) is 0 Å². The molecule has 2 atom stereocenters. The van der Waals surface area contributed by atoms with E-state index in [1.165, 1.54) is 24.3 Å². The summed E-state index contributed by atoms with van der Waals surface area (Å²) in [5.74, 6) is 0.137. The molecule has 2 fully saturated rings. The van der Waals surface area contributed by atoms with Crippen molar-refractivity contribution >= 4 is 11.7 Å². The van der Waals surface area contributed by atoms with Crippen molar-refractivity contribution in [2.45, 2.75) is 31.4 Å². The molecule has 2 aromatic rings. The van der Waals surface area contributed by atoms with Crippen molar-refractivity contribution in [2.75, 3.05) is 6.54 Å². The lowest BCUT2D eigenvalue weighted by Crippen LogP contribution is -2.51. The first-order valence-electron chi connectivity index (χ1n) is 10.0. The molecule has 0 bridgehead atoms. The molecule has 0 saturated carbocycles. The van der Waals surface area contributed by atoms with E-state index in [2.05, 4.69) is 18.0 Å². The average molecular weight is 411 g/mol. The number of cyclic esters (lactones) is 1. The summed E-state index contributed by atoms with van der Waals surface area (Å²) in [5, 5.41) is 3.27. The van der Waals surface area contributed by atoms with Gasteiger partial charge in [0.2, 0.25) is 5.72 Å². The standard InChI is InChI=1S/C24H23F2NO3/c1-16-24(30-23(28)29-16)14-13-17(15-27-24)3-2-4-22(18-5-9-20(25)10-6-18)19-7-11-21(26)12-8-19/h4-12,17,27H,1-3,13-15H2.